The average Bonchev–Trinajstić information content (AvgIpc) is 2.52. The maximum Gasteiger partial charge on any atom is 0.311 e. The number of esters is 1. The molecule has 0 aliphatic carbocycles. The van der Waals surface area contributed by atoms with Crippen LogP contribution in [0.5, 0.6) is 0 Å². The summed E-state index contributed by atoms with van der Waals surface area (Å²) in [7, 11) is 0. The van der Waals surface area contributed by atoms with Crippen molar-refractivity contribution in [3.05, 3.63) is 52.1 Å². The van der Waals surface area contributed by atoms with E-state index in [1.165, 1.54) is 13.0 Å². The monoisotopic (exact) mass is 342 g/mol. The summed E-state index contributed by atoms with van der Waals surface area (Å²) in [5, 5.41) is 14.2. The van der Waals surface area contributed by atoms with E-state index < -0.39 is 4.92 Å². The Balaban J connectivity index is 1.78. The summed E-state index contributed by atoms with van der Waals surface area (Å²) in [6.07, 6.45) is 1.10. The van der Waals surface area contributed by atoms with Gasteiger partial charge in [0, 0.05) is 31.8 Å². The molecule has 25 heavy (non-hydrogen) atoms. The molecule has 2 heterocycles. The largest absolute Gasteiger partial charge is 0.461 e. The van der Waals surface area contributed by atoms with Gasteiger partial charge in [-0.1, -0.05) is 12.1 Å². The third-order valence-corrected chi connectivity index (χ3v) is 3.89. The first-order chi connectivity index (χ1) is 12.0. The molecule has 3 rings (SSSR count). The molecule has 1 aliphatic rings. The van der Waals surface area contributed by atoms with Crippen molar-refractivity contribution < 1.29 is 14.5 Å². The molecule has 1 fully saturated rings. The first kappa shape index (κ1) is 16.7. The zero-order chi connectivity index (χ0) is 17.8. The van der Waals surface area contributed by atoms with Gasteiger partial charge in [-0.2, -0.15) is 0 Å². The minimum absolute atomic E-state index is 0.0757. The van der Waals surface area contributed by atoms with E-state index in [-0.39, 0.29) is 24.1 Å². The number of nitrogens with zero attached hydrogens (tertiary/aromatic N) is 3. The van der Waals surface area contributed by atoms with Gasteiger partial charge in [0.05, 0.1) is 4.92 Å². The molecule has 8 heteroatoms. The maximum absolute atomic E-state index is 11.2. The second-order valence-corrected chi connectivity index (χ2v) is 5.74. The van der Waals surface area contributed by atoms with Gasteiger partial charge in [-0.3, -0.25) is 14.9 Å². The smallest absolute Gasteiger partial charge is 0.311 e. The van der Waals surface area contributed by atoms with Crippen LogP contribution in [0.15, 0.2) is 36.4 Å². The molecule has 0 unspecified atom stereocenters. The van der Waals surface area contributed by atoms with E-state index in [0.29, 0.717) is 5.69 Å². The van der Waals surface area contributed by atoms with Gasteiger partial charge >= 0.3 is 11.7 Å². The number of aromatic nitrogens is 1. The summed E-state index contributed by atoms with van der Waals surface area (Å²) < 4.78 is 4.93. The number of hydrogen-bond acceptors (Lipinski definition) is 7. The molecular formula is C17H18N4O4. The van der Waals surface area contributed by atoms with Crippen molar-refractivity contribution in [1.82, 2.24) is 4.98 Å². The van der Waals surface area contributed by atoms with Gasteiger partial charge in [0.15, 0.2) is 0 Å². The van der Waals surface area contributed by atoms with E-state index in [0.717, 1.165) is 30.9 Å². The predicted octanol–water partition coefficient (Wildman–Crippen LogP) is 3.01. The van der Waals surface area contributed by atoms with E-state index in [9.17, 15) is 14.9 Å². The average molecular weight is 342 g/mol. The summed E-state index contributed by atoms with van der Waals surface area (Å²) in [5.74, 6) is 0.595. The Morgan fingerprint density at radius 1 is 1.28 bits per heavy atom. The van der Waals surface area contributed by atoms with Crippen LogP contribution < -0.4 is 10.2 Å². The Morgan fingerprint density at radius 3 is 2.56 bits per heavy atom. The molecular weight excluding hydrogens is 324 g/mol. The number of hydrogen-bond donors (Lipinski definition) is 1. The van der Waals surface area contributed by atoms with Crippen molar-refractivity contribution in [2.45, 2.75) is 20.0 Å². The molecule has 1 N–H and O–H groups in total. The molecule has 0 spiro atoms. The number of ether oxygens (including phenoxy) is 1. The van der Waals surface area contributed by atoms with Gasteiger partial charge in [0.1, 0.15) is 12.4 Å². The van der Waals surface area contributed by atoms with Crippen LogP contribution in [-0.2, 0) is 16.1 Å². The van der Waals surface area contributed by atoms with E-state index in [1.54, 1.807) is 30.3 Å². The van der Waals surface area contributed by atoms with E-state index in [2.05, 4.69) is 15.2 Å². The standard InChI is InChI=1S/C17H18N4O4/c1-12(22)25-11-13-3-5-14(6-4-13)18-17-15(21(23)24)7-8-16(19-17)20-9-2-10-20/h3-8H,2,9-11H2,1H3,(H,18,19). The number of rotatable bonds is 6. The Hall–Kier alpha value is -3.16. The number of nitro groups is 1. The Kier molecular flexibility index (Phi) is 4.78. The van der Waals surface area contributed by atoms with Crippen LogP contribution in [0.3, 0.4) is 0 Å². The summed E-state index contributed by atoms with van der Waals surface area (Å²) >= 11 is 0. The van der Waals surface area contributed by atoms with Crippen molar-refractivity contribution in [2.24, 2.45) is 0 Å². The molecule has 1 aromatic carbocycles. The molecule has 0 atom stereocenters. The maximum atomic E-state index is 11.2. The van der Waals surface area contributed by atoms with Crippen molar-refractivity contribution in [2.75, 3.05) is 23.3 Å². The van der Waals surface area contributed by atoms with Crippen molar-refractivity contribution >= 4 is 29.0 Å². The van der Waals surface area contributed by atoms with E-state index in [1.807, 2.05) is 0 Å². The number of nitrogens with one attached hydrogen (secondary N) is 1. The summed E-state index contributed by atoms with van der Waals surface area (Å²) in [4.78, 5) is 28.1. The normalized spacial score (nSPS) is 13.1. The van der Waals surface area contributed by atoms with Crippen LogP contribution in [-0.4, -0.2) is 29.0 Å². The van der Waals surface area contributed by atoms with Crippen molar-refractivity contribution in [1.29, 1.82) is 0 Å². The van der Waals surface area contributed by atoms with Crippen molar-refractivity contribution in [3.8, 4) is 0 Å². The molecule has 0 saturated carbocycles. The highest BCUT2D eigenvalue weighted by Gasteiger charge is 2.21. The van der Waals surface area contributed by atoms with E-state index in [4.69, 9.17) is 4.74 Å². The third kappa shape index (κ3) is 4.03. The first-order valence-corrected chi connectivity index (χ1v) is 7.92. The lowest BCUT2D eigenvalue weighted by molar-refractivity contribution is -0.384. The molecule has 2 aromatic rings. The van der Waals surface area contributed by atoms with Gasteiger partial charge in [-0.25, -0.2) is 4.98 Å². The summed E-state index contributed by atoms with van der Waals surface area (Å²) in [6, 6.07) is 10.2. The number of carbonyl (C=O) groups excluding carboxylic acids is 1. The number of benzene rings is 1. The number of carbonyl (C=O) groups is 1. The quantitative estimate of drug-likeness (QED) is 0.489. The highest BCUT2D eigenvalue weighted by Crippen LogP contribution is 2.30. The third-order valence-electron chi connectivity index (χ3n) is 3.89. The second kappa shape index (κ2) is 7.16. The van der Waals surface area contributed by atoms with Crippen LogP contribution in [0.4, 0.5) is 23.0 Å². The van der Waals surface area contributed by atoms with Gasteiger partial charge in [-0.15, -0.1) is 0 Å². The zero-order valence-electron chi connectivity index (χ0n) is 13.8. The lowest BCUT2D eigenvalue weighted by atomic mass is 10.2. The van der Waals surface area contributed by atoms with Gasteiger partial charge in [-0.05, 0) is 30.2 Å². The molecule has 8 nitrogen and oxygen atoms in total. The number of pyridine rings is 1. The highest BCUT2D eigenvalue weighted by molar-refractivity contribution is 5.68. The topological polar surface area (TPSA) is 97.6 Å². The molecule has 1 aliphatic heterocycles. The Morgan fingerprint density at radius 2 is 2.00 bits per heavy atom. The fourth-order valence-corrected chi connectivity index (χ4v) is 2.41. The van der Waals surface area contributed by atoms with Crippen LogP contribution in [0.25, 0.3) is 0 Å². The lowest BCUT2D eigenvalue weighted by Crippen LogP contribution is -2.37. The molecule has 0 bridgehead atoms. The zero-order valence-corrected chi connectivity index (χ0v) is 13.8. The fourth-order valence-electron chi connectivity index (χ4n) is 2.41. The molecule has 0 amide bonds. The molecule has 1 aromatic heterocycles. The fraction of sp³-hybridized carbons (Fsp3) is 0.294. The minimum Gasteiger partial charge on any atom is -0.461 e. The van der Waals surface area contributed by atoms with E-state index >= 15 is 0 Å². The van der Waals surface area contributed by atoms with Crippen LogP contribution in [0.2, 0.25) is 0 Å². The van der Waals surface area contributed by atoms with Gasteiger partial charge in [0.25, 0.3) is 0 Å². The second-order valence-electron chi connectivity index (χ2n) is 5.74. The van der Waals surface area contributed by atoms with Gasteiger partial charge in [0.2, 0.25) is 5.82 Å². The van der Waals surface area contributed by atoms with Crippen LogP contribution >= 0.6 is 0 Å². The first-order valence-electron chi connectivity index (χ1n) is 7.92. The van der Waals surface area contributed by atoms with Crippen LogP contribution in [0, 0.1) is 10.1 Å². The molecule has 130 valence electrons. The molecule has 1 saturated heterocycles. The lowest BCUT2D eigenvalue weighted by Gasteiger charge is -2.32. The molecule has 0 radical (unpaired) electrons. The summed E-state index contributed by atoms with van der Waals surface area (Å²) in [5.41, 5.74) is 1.42. The SMILES string of the molecule is CC(=O)OCc1ccc(Nc2nc(N3CCC3)ccc2[N+](=O)[O-])cc1. The number of anilines is 3. The van der Waals surface area contributed by atoms with Crippen LogP contribution in [0.1, 0.15) is 18.9 Å². The predicted molar refractivity (Wildman–Crippen MR) is 92.9 cm³/mol. The Labute approximate surface area is 144 Å². The highest BCUT2D eigenvalue weighted by atomic mass is 16.6. The summed E-state index contributed by atoms with van der Waals surface area (Å²) in [6.45, 7) is 3.37. The van der Waals surface area contributed by atoms with Gasteiger partial charge < -0.3 is 15.0 Å². The van der Waals surface area contributed by atoms with Crippen molar-refractivity contribution in [3.63, 3.8) is 0 Å². The Bertz CT molecular complexity index is 788. The minimum atomic E-state index is -0.454.